The molecule has 2 nitrogen and oxygen atoms in total. The van der Waals surface area contributed by atoms with Crippen molar-refractivity contribution in [1.29, 1.82) is 5.26 Å². The molecule has 1 aromatic carbocycles. The number of nitrogens with one attached hydrogen (secondary N) is 1. The van der Waals surface area contributed by atoms with Gasteiger partial charge in [-0.2, -0.15) is 5.26 Å². The number of hydrogen-bond donors (Lipinski definition) is 1. The fourth-order valence-electron chi connectivity index (χ4n) is 1.89. The minimum Gasteiger partial charge on any atom is -0.310 e. The van der Waals surface area contributed by atoms with Crippen LogP contribution in [0.1, 0.15) is 36.8 Å². The number of nitrogens with zero attached hydrogens (tertiary/aromatic N) is 1. The smallest absolute Gasteiger partial charge is 0.0637 e. The molecule has 96 valence electrons. The van der Waals surface area contributed by atoms with Crippen LogP contribution in [0.5, 0.6) is 0 Å². The van der Waals surface area contributed by atoms with E-state index in [0.29, 0.717) is 22.5 Å². The van der Waals surface area contributed by atoms with Crippen molar-refractivity contribution in [1.82, 2.24) is 5.32 Å². The molecule has 1 saturated carbocycles. The Balaban J connectivity index is 2.03. The molecule has 0 heterocycles. The molecule has 18 heavy (non-hydrogen) atoms. The number of nitriles is 1. The molecule has 0 saturated heterocycles. The van der Waals surface area contributed by atoms with Gasteiger partial charge in [0, 0.05) is 19.0 Å². The molecule has 0 atom stereocenters. The predicted octanol–water partition coefficient (Wildman–Crippen LogP) is 4.09. The zero-order valence-electron chi connectivity index (χ0n) is 10.2. The van der Waals surface area contributed by atoms with Gasteiger partial charge in [0.2, 0.25) is 0 Å². The predicted molar refractivity (Wildman–Crippen MR) is 74.9 cm³/mol. The molecular weight excluding hydrogens is 267 g/mol. The van der Waals surface area contributed by atoms with Gasteiger partial charge >= 0.3 is 0 Å². The molecule has 2 rings (SSSR count). The van der Waals surface area contributed by atoms with E-state index in [-0.39, 0.29) is 0 Å². The molecule has 0 amide bonds. The van der Waals surface area contributed by atoms with E-state index in [1.807, 2.05) is 6.07 Å². The Morgan fingerprint density at radius 2 is 2.11 bits per heavy atom. The SMILES string of the molecule is N#CCCCc1cc(Cl)c(Cl)c(CNC2CC2)c1. The van der Waals surface area contributed by atoms with Crippen molar-refractivity contribution in [2.75, 3.05) is 0 Å². The van der Waals surface area contributed by atoms with Crippen LogP contribution in [0.4, 0.5) is 0 Å². The van der Waals surface area contributed by atoms with Gasteiger partial charge in [-0.1, -0.05) is 29.3 Å². The number of benzene rings is 1. The lowest BCUT2D eigenvalue weighted by Crippen LogP contribution is -2.15. The lowest BCUT2D eigenvalue weighted by Gasteiger charge is -2.10. The summed E-state index contributed by atoms with van der Waals surface area (Å²) in [4.78, 5) is 0. The monoisotopic (exact) mass is 282 g/mol. The molecular formula is C14H16Cl2N2. The molecule has 1 aliphatic carbocycles. The summed E-state index contributed by atoms with van der Waals surface area (Å²) in [6.07, 6.45) is 4.83. The Morgan fingerprint density at radius 3 is 2.78 bits per heavy atom. The number of hydrogen-bond acceptors (Lipinski definition) is 2. The summed E-state index contributed by atoms with van der Waals surface area (Å²) in [5.41, 5.74) is 2.22. The van der Waals surface area contributed by atoms with Gasteiger partial charge in [0.25, 0.3) is 0 Å². The van der Waals surface area contributed by atoms with Crippen molar-refractivity contribution in [2.45, 2.75) is 44.7 Å². The van der Waals surface area contributed by atoms with Gasteiger partial charge in [-0.25, -0.2) is 0 Å². The van der Waals surface area contributed by atoms with Crippen molar-refractivity contribution in [3.05, 3.63) is 33.3 Å². The zero-order valence-corrected chi connectivity index (χ0v) is 11.7. The van der Waals surface area contributed by atoms with Crippen LogP contribution >= 0.6 is 23.2 Å². The molecule has 0 aliphatic heterocycles. The number of unbranched alkanes of at least 4 members (excludes halogenated alkanes) is 1. The van der Waals surface area contributed by atoms with Crippen LogP contribution in [0, 0.1) is 11.3 Å². The fraction of sp³-hybridized carbons (Fsp3) is 0.500. The highest BCUT2D eigenvalue weighted by Crippen LogP contribution is 2.29. The molecule has 0 bridgehead atoms. The summed E-state index contributed by atoms with van der Waals surface area (Å²) in [6, 6.07) is 6.81. The van der Waals surface area contributed by atoms with E-state index in [1.54, 1.807) is 0 Å². The second-order valence-electron chi connectivity index (χ2n) is 4.72. The zero-order chi connectivity index (χ0) is 13.0. The van der Waals surface area contributed by atoms with Crippen molar-refractivity contribution in [3.63, 3.8) is 0 Å². The Labute approximate surface area is 118 Å². The molecule has 1 aromatic rings. The summed E-state index contributed by atoms with van der Waals surface area (Å²) >= 11 is 12.3. The maximum absolute atomic E-state index is 8.54. The summed E-state index contributed by atoms with van der Waals surface area (Å²) in [5.74, 6) is 0. The lowest BCUT2D eigenvalue weighted by molar-refractivity contribution is 0.687. The minimum atomic E-state index is 0.579. The Bertz CT molecular complexity index is 462. The van der Waals surface area contributed by atoms with Crippen molar-refractivity contribution >= 4 is 23.2 Å². The number of rotatable bonds is 6. The van der Waals surface area contributed by atoms with Gasteiger partial charge in [0.15, 0.2) is 0 Å². The van der Waals surface area contributed by atoms with E-state index in [2.05, 4.69) is 17.5 Å². The molecule has 4 heteroatoms. The van der Waals surface area contributed by atoms with Gasteiger partial charge in [0.05, 0.1) is 16.1 Å². The van der Waals surface area contributed by atoms with E-state index in [9.17, 15) is 0 Å². The molecule has 1 fully saturated rings. The molecule has 0 unspecified atom stereocenters. The largest absolute Gasteiger partial charge is 0.310 e. The van der Waals surface area contributed by atoms with Gasteiger partial charge in [-0.3, -0.25) is 0 Å². The third kappa shape index (κ3) is 3.88. The van der Waals surface area contributed by atoms with Crippen molar-refractivity contribution in [3.8, 4) is 6.07 Å². The molecule has 1 N–H and O–H groups in total. The maximum Gasteiger partial charge on any atom is 0.0637 e. The lowest BCUT2D eigenvalue weighted by atomic mass is 10.1. The average Bonchev–Trinajstić information content (AvgIpc) is 3.16. The Morgan fingerprint density at radius 1 is 1.33 bits per heavy atom. The second-order valence-corrected chi connectivity index (χ2v) is 5.50. The maximum atomic E-state index is 8.54. The molecule has 0 radical (unpaired) electrons. The average molecular weight is 283 g/mol. The quantitative estimate of drug-likeness (QED) is 0.798. The van der Waals surface area contributed by atoms with Crippen LogP contribution < -0.4 is 5.32 Å². The first-order chi connectivity index (χ1) is 8.70. The third-order valence-electron chi connectivity index (χ3n) is 3.08. The van der Waals surface area contributed by atoms with Crippen LogP contribution in [0.25, 0.3) is 0 Å². The van der Waals surface area contributed by atoms with Gasteiger partial charge in [0.1, 0.15) is 0 Å². The Kier molecular flexibility index (Phi) is 4.88. The second kappa shape index (κ2) is 6.43. The first-order valence-corrected chi connectivity index (χ1v) is 7.03. The van der Waals surface area contributed by atoms with Crippen LogP contribution in [0.2, 0.25) is 10.0 Å². The summed E-state index contributed by atoms with van der Waals surface area (Å²) in [6.45, 7) is 0.773. The summed E-state index contributed by atoms with van der Waals surface area (Å²) in [7, 11) is 0. The number of aryl methyl sites for hydroxylation is 1. The van der Waals surface area contributed by atoms with Crippen LogP contribution in [0.3, 0.4) is 0 Å². The van der Waals surface area contributed by atoms with E-state index >= 15 is 0 Å². The van der Waals surface area contributed by atoms with E-state index in [0.717, 1.165) is 30.5 Å². The summed E-state index contributed by atoms with van der Waals surface area (Å²) in [5, 5.41) is 13.2. The van der Waals surface area contributed by atoms with Crippen molar-refractivity contribution in [2.24, 2.45) is 0 Å². The first kappa shape index (κ1) is 13.7. The van der Waals surface area contributed by atoms with Crippen LogP contribution in [0.15, 0.2) is 12.1 Å². The topological polar surface area (TPSA) is 35.8 Å². The van der Waals surface area contributed by atoms with E-state index in [1.165, 1.54) is 12.8 Å². The molecule has 1 aliphatic rings. The van der Waals surface area contributed by atoms with E-state index < -0.39 is 0 Å². The molecule has 0 spiro atoms. The van der Waals surface area contributed by atoms with Gasteiger partial charge in [-0.05, 0) is 42.9 Å². The van der Waals surface area contributed by atoms with E-state index in [4.69, 9.17) is 28.5 Å². The summed E-state index contributed by atoms with van der Waals surface area (Å²) < 4.78 is 0. The minimum absolute atomic E-state index is 0.579. The first-order valence-electron chi connectivity index (χ1n) is 6.28. The van der Waals surface area contributed by atoms with Gasteiger partial charge < -0.3 is 5.32 Å². The normalized spacial score (nSPS) is 14.5. The highest BCUT2D eigenvalue weighted by atomic mass is 35.5. The van der Waals surface area contributed by atoms with Crippen LogP contribution in [-0.4, -0.2) is 6.04 Å². The highest BCUT2D eigenvalue weighted by molar-refractivity contribution is 6.42. The van der Waals surface area contributed by atoms with Crippen molar-refractivity contribution < 1.29 is 0 Å². The fourth-order valence-corrected chi connectivity index (χ4v) is 2.33. The van der Waals surface area contributed by atoms with Crippen LogP contribution in [-0.2, 0) is 13.0 Å². The number of halogens is 2. The third-order valence-corrected chi connectivity index (χ3v) is 3.92. The highest BCUT2D eigenvalue weighted by Gasteiger charge is 2.20. The standard InChI is InChI=1S/C14H16Cl2N2/c15-13-8-10(3-1-2-6-17)7-11(14(13)16)9-18-12-4-5-12/h7-8,12,18H,1-5,9H2. The molecule has 0 aromatic heterocycles. The van der Waals surface area contributed by atoms with Gasteiger partial charge in [-0.15, -0.1) is 0 Å². The Hall–Kier alpha value is -0.750.